The van der Waals surface area contributed by atoms with Gasteiger partial charge in [0.15, 0.2) is 5.16 Å². The van der Waals surface area contributed by atoms with Crippen molar-refractivity contribution in [2.75, 3.05) is 16.4 Å². The minimum Gasteiger partial charge on any atom is -0.324 e. The molecule has 2 amide bonds. The molecular formula is C19H16Cl2FN5O2S. The Labute approximate surface area is 186 Å². The molecule has 7 nitrogen and oxygen atoms in total. The van der Waals surface area contributed by atoms with Gasteiger partial charge in [0.05, 0.1) is 33.6 Å². The summed E-state index contributed by atoms with van der Waals surface area (Å²) >= 11 is 13.1. The second-order valence-electron chi connectivity index (χ2n) is 6.10. The predicted molar refractivity (Wildman–Crippen MR) is 116 cm³/mol. The van der Waals surface area contributed by atoms with E-state index in [4.69, 9.17) is 23.2 Å². The Balaban J connectivity index is 1.56. The summed E-state index contributed by atoms with van der Waals surface area (Å²) in [5.41, 5.74) is 0.508. The zero-order chi connectivity index (χ0) is 21.7. The number of hydrogen-bond acceptors (Lipinski definition) is 5. The molecule has 156 valence electrons. The van der Waals surface area contributed by atoms with E-state index in [1.165, 1.54) is 18.2 Å². The highest BCUT2D eigenvalue weighted by molar-refractivity contribution is 7.99. The van der Waals surface area contributed by atoms with E-state index in [-0.39, 0.29) is 28.8 Å². The second-order valence-corrected chi connectivity index (χ2v) is 7.83. The van der Waals surface area contributed by atoms with Gasteiger partial charge in [-0.25, -0.2) is 4.39 Å². The molecule has 0 fully saturated rings. The molecule has 0 aliphatic carbocycles. The number of hydrogen-bond donors (Lipinski definition) is 2. The minimum absolute atomic E-state index is 0.0518. The number of nitrogens with one attached hydrogen (secondary N) is 2. The van der Waals surface area contributed by atoms with Gasteiger partial charge in [-0.2, -0.15) is 0 Å². The quantitative estimate of drug-likeness (QED) is 0.508. The lowest BCUT2D eigenvalue weighted by Gasteiger charge is -2.08. The molecule has 2 N–H and O–H groups in total. The molecule has 3 rings (SSSR count). The lowest BCUT2D eigenvalue weighted by Crippen LogP contribution is -2.18. The van der Waals surface area contributed by atoms with Crippen LogP contribution >= 0.6 is 35.0 Å². The van der Waals surface area contributed by atoms with E-state index in [0.29, 0.717) is 21.7 Å². The standard InChI is InChI=1S/C19H16Cl2FN5O2S/c1-27-15(9-16(28)23-13-7-3-2-6-12(13)22)25-26-19(27)30-10-17(29)24-14-8-4-5-11(20)18(14)21/h2-8H,9-10H2,1H3,(H,23,28)(H,24,29). The van der Waals surface area contributed by atoms with Crippen LogP contribution in [0.4, 0.5) is 15.8 Å². The first-order valence-electron chi connectivity index (χ1n) is 8.64. The Morgan fingerprint density at radius 1 is 1.03 bits per heavy atom. The third-order valence-electron chi connectivity index (χ3n) is 3.95. The van der Waals surface area contributed by atoms with Gasteiger partial charge in [0.1, 0.15) is 11.6 Å². The van der Waals surface area contributed by atoms with Crippen molar-refractivity contribution in [1.29, 1.82) is 0 Å². The molecule has 1 aromatic heterocycles. The Bertz CT molecular complexity index is 1090. The fourth-order valence-electron chi connectivity index (χ4n) is 2.44. The van der Waals surface area contributed by atoms with Crippen LogP contribution in [0.3, 0.4) is 0 Å². The topological polar surface area (TPSA) is 88.9 Å². The van der Waals surface area contributed by atoms with Crippen LogP contribution in [0.15, 0.2) is 47.6 Å². The van der Waals surface area contributed by atoms with E-state index >= 15 is 0 Å². The van der Waals surface area contributed by atoms with Crippen molar-refractivity contribution >= 4 is 58.2 Å². The van der Waals surface area contributed by atoms with Gasteiger partial charge in [-0.05, 0) is 24.3 Å². The largest absolute Gasteiger partial charge is 0.324 e. The summed E-state index contributed by atoms with van der Waals surface area (Å²) in [7, 11) is 1.68. The molecule has 0 aliphatic heterocycles. The number of para-hydroxylation sites is 1. The fraction of sp³-hybridized carbons (Fsp3) is 0.158. The van der Waals surface area contributed by atoms with E-state index in [9.17, 15) is 14.0 Å². The number of carbonyl (C=O) groups is 2. The molecule has 2 aromatic carbocycles. The van der Waals surface area contributed by atoms with Crippen molar-refractivity contribution in [2.45, 2.75) is 11.6 Å². The van der Waals surface area contributed by atoms with Crippen LogP contribution in [-0.2, 0) is 23.1 Å². The summed E-state index contributed by atoms with van der Waals surface area (Å²) in [4.78, 5) is 24.4. The monoisotopic (exact) mass is 467 g/mol. The highest BCUT2D eigenvalue weighted by Crippen LogP contribution is 2.29. The maximum Gasteiger partial charge on any atom is 0.234 e. The van der Waals surface area contributed by atoms with E-state index in [2.05, 4.69) is 20.8 Å². The lowest BCUT2D eigenvalue weighted by molar-refractivity contribution is -0.116. The van der Waals surface area contributed by atoms with Crippen LogP contribution in [0.1, 0.15) is 5.82 Å². The van der Waals surface area contributed by atoms with Gasteiger partial charge in [0, 0.05) is 7.05 Å². The molecule has 30 heavy (non-hydrogen) atoms. The van der Waals surface area contributed by atoms with Crippen molar-refractivity contribution in [3.05, 3.63) is 64.2 Å². The molecule has 11 heteroatoms. The molecule has 1 heterocycles. The maximum absolute atomic E-state index is 13.6. The van der Waals surface area contributed by atoms with Crippen LogP contribution in [0, 0.1) is 5.82 Å². The SMILES string of the molecule is Cn1c(CC(=O)Nc2ccccc2F)nnc1SCC(=O)Nc1cccc(Cl)c1Cl. The van der Waals surface area contributed by atoms with Gasteiger partial charge >= 0.3 is 0 Å². The molecule has 0 bridgehead atoms. The number of aromatic nitrogens is 3. The number of rotatable bonds is 7. The first-order chi connectivity index (χ1) is 14.3. The van der Waals surface area contributed by atoms with Gasteiger partial charge in [0.2, 0.25) is 11.8 Å². The van der Waals surface area contributed by atoms with Gasteiger partial charge < -0.3 is 15.2 Å². The first-order valence-corrected chi connectivity index (χ1v) is 10.4. The van der Waals surface area contributed by atoms with Crippen LogP contribution in [0.5, 0.6) is 0 Å². The molecule has 0 unspecified atom stereocenters. The van der Waals surface area contributed by atoms with Gasteiger partial charge in [-0.3, -0.25) is 9.59 Å². The zero-order valence-corrected chi connectivity index (χ0v) is 18.0. The summed E-state index contributed by atoms with van der Waals surface area (Å²) in [5.74, 6) is -0.821. The lowest BCUT2D eigenvalue weighted by atomic mass is 10.3. The van der Waals surface area contributed by atoms with E-state index in [1.54, 1.807) is 35.9 Å². The number of anilines is 2. The normalized spacial score (nSPS) is 10.7. The molecule has 0 saturated carbocycles. The van der Waals surface area contributed by atoms with Crippen molar-refractivity contribution in [1.82, 2.24) is 14.8 Å². The fourth-order valence-corrected chi connectivity index (χ4v) is 3.52. The average molecular weight is 468 g/mol. The Hall–Kier alpha value is -2.62. The van der Waals surface area contributed by atoms with E-state index < -0.39 is 11.7 Å². The predicted octanol–water partition coefficient (Wildman–Crippen LogP) is 4.17. The zero-order valence-electron chi connectivity index (χ0n) is 15.7. The van der Waals surface area contributed by atoms with Crippen LogP contribution in [0.25, 0.3) is 0 Å². The van der Waals surface area contributed by atoms with E-state index in [0.717, 1.165) is 11.8 Å². The minimum atomic E-state index is -0.522. The van der Waals surface area contributed by atoms with Crippen LogP contribution < -0.4 is 10.6 Å². The number of thioether (sulfide) groups is 1. The third-order valence-corrected chi connectivity index (χ3v) is 5.79. The van der Waals surface area contributed by atoms with Crippen LogP contribution in [0.2, 0.25) is 10.0 Å². The molecule has 0 aliphatic rings. The first kappa shape index (κ1) is 22.1. The van der Waals surface area contributed by atoms with Crippen molar-refractivity contribution in [3.63, 3.8) is 0 Å². The Kier molecular flexibility index (Phi) is 7.30. The van der Waals surface area contributed by atoms with E-state index in [1.807, 2.05) is 0 Å². The number of benzene rings is 2. The molecule has 0 radical (unpaired) electrons. The van der Waals surface area contributed by atoms with Crippen molar-refractivity contribution < 1.29 is 14.0 Å². The summed E-state index contributed by atoms with van der Waals surface area (Å²) in [6, 6.07) is 10.8. The van der Waals surface area contributed by atoms with Gasteiger partial charge in [-0.15, -0.1) is 10.2 Å². The number of halogens is 3. The highest BCUT2D eigenvalue weighted by Gasteiger charge is 2.16. The second kappa shape index (κ2) is 9.92. The van der Waals surface area contributed by atoms with Crippen molar-refractivity contribution in [3.8, 4) is 0 Å². The van der Waals surface area contributed by atoms with Gasteiger partial charge in [0.25, 0.3) is 0 Å². The smallest absolute Gasteiger partial charge is 0.234 e. The molecular weight excluding hydrogens is 452 g/mol. The third kappa shape index (κ3) is 5.50. The summed E-state index contributed by atoms with van der Waals surface area (Å²) < 4.78 is 15.2. The van der Waals surface area contributed by atoms with Crippen LogP contribution in [-0.4, -0.2) is 32.3 Å². The number of carbonyl (C=O) groups excluding carboxylic acids is 2. The van der Waals surface area contributed by atoms with Gasteiger partial charge in [-0.1, -0.05) is 53.2 Å². The summed E-state index contributed by atoms with van der Waals surface area (Å²) in [5, 5.41) is 14.2. The number of nitrogens with zero attached hydrogens (tertiary/aromatic N) is 3. The highest BCUT2D eigenvalue weighted by atomic mass is 35.5. The average Bonchev–Trinajstić information content (AvgIpc) is 3.05. The summed E-state index contributed by atoms with van der Waals surface area (Å²) in [6.45, 7) is 0. The molecule has 0 atom stereocenters. The number of amides is 2. The molecule has 3 aromatic rings. The summed E-state index contributed by atoms with van der Waals surface area (Å²) in [6.07, 6.45) is -0.0945. The maximum atomic E-state index is 13.6. The Morgan fingerprint density at radius 3 is 2.50 bits per heavy atom. The Morgan fingerprint density at radius 2 is 1.73 bits per heavy atom. The molecule has 0 saturated heterocycles. The molecule has 0 spiro atoms. The van der Waals surface area contributed by atoms with Crippen molar-refractivity contribution in [2.24, 2.45) is 7.05 Å².